The molecule has 174 valence electrons. The Morgan fingerprint density at radius 3 is 2.29 bits per heavy atom. The minimum absolute atomic E-state index is 0.131. The molecule has 1 saturated heterocycles. The summed E-state index contributed by atoms with van der Waals surface area (Å²) in [4.78, 5) is 39.5. The number of hydrogen-bond donors (Lipinski definition) is 1. The highest BCUT2D eigenvalue weighted by molar-refractivity contribution is 6.39. The molecule has 3 aromatic carbocycles. The highest BCUT2D eigenvalue weighted by Crippen LogP contribution is 2.27. The van der Waals surface area contributed by atoms with Gasteiger partial charge in [-0.15, -0.1) is 0 Å². The van der Waals surface area contributed by atoms with Crippen LogP contribution >= 0.6 is 0 Å². The minimum Gasteiger partial charge on any atom is -0.342 e. The number of imide groups is 2. The summed E-state index contributed by atoms with van der Waals surface area (Å²) in [7, 11) is 0. The number of urea groups is 1. The lowest BCUT2D eigenvalue weighted by atomic mass is 10.1. The smallest absolute Gasteiger partial charge is 0.335 e. The molecule has 0 bridgehead atoms. The minimum atomic E-state index is -0.778. The molecule has 1 aliphatic heterocycles. The molecule has 0 aliphatic carbocycles. The molecule has 5 rings (SSSR count). The van der Waals surface area contributed by atoms with E-state index in [4.69, 9.17) is 0 Å². The van der Waals surface area contributed by atoms with Gasteiger partial charge in [0.25, 0.3) is 11.8 Å². The zero-order chi connectivity index (χ0) is 24.5. The first-order valence-corrected chi connectivity index (χ1v) is 11.3. The largest absolute Gasteiger partial charge is 0.342 e. The number of amides is 4. The van der Waals surface area contributed by atoms with Crippen LogP contribution in [0.4, 0.5) is 14.9 Å². The molecule has 0 spiro atoms. The Morgan fingerprint density at radius 2 is 1.57 bits per heavy atom. The first kappa shape index (κ1) is 22.3. The first-order chi connectivity index (χ1) is 16.9. The van der Waals surface area contributed by atoms with Crippen molar-refractivity contribution in [1.29, 1.82) is 0 Å². The van der Waals surface area contributed by atoms with E-state index in [1.807, 2.05) is 54.1 Å². The number of fused-ring (bicyclic) bond motifs is 1. The summed E-state index contributed by atoms with van der Waals surface area (Å²) >= 11 is 0. The Hall–Kier alpha value is -4.52. The quantitative estimate of drug-likeness (QED) is 0.330. The number of anilines is 1. The van der Waals surface area contributed by atoms with E-state index >= 15 is 0 Å². The zero-order valence-electron chi connectivity index (χ0n) is 19.0. The second-order valence-electron chi connectivity index (χ2n) is 8.33. The van der Waals surface area contributed by atoms with Crippen LogP contribution in [0.5, 0.6) is 0 Å². The first-order valence-electron chi connectivity index (χ1n) is 11.3. The number of carbonyl (C=O) groups excluding carboxylic acids is 3. The van der Waals surface area contributed by atoms with E-state index in [2.05, 4.69) is 5.32 Å². The molecule has 7 heteroatoms. The molecule has 4 amide bonds. The summed E-state index contributed by atoms with van der Waals surface area (Å²) in [5, 5.41) is 3.12. The highest BCUT2D eigenvalue weighted by Gasteiger charge is 2.37. The number of rotatable bonds is 5. The standard InChI is InChI=1S/C28H22FN3O3/c1-2-18-9-13-22(14-10-18)32-27(34)24(26(33)30-28(32)35)15-20-17-31(25-6-4-3-5-23(20)25)16-19-7-11-21(29)12-8-19/h3-15,17H,2,16H2,1H3,(H,30,33,35)/b24-15+. The molecular formula is C28H22FN3O3. The van der Waals surface area contributed by atoms with Crippen molar-refractivity contribution in [2.45, 2.75) is 19.9 Å². The van der Waals surface area contributed by atoms with Crippen molar-refractivity contribution < 1.29 is 18.8 Å². The topological polar surface area (TPSA) is 71.4 Å². The van der Waals surface area contributed by atoms with E-state index in [0.717, 1.165) is 33.4 Å². The molecule has 1 N–H and O–H groups in total. The number of aromatic nitrogens is 1. The van der Waals surface area contributed by atoms with Crippen LogP contribution in [0.3, 0.4) is 0 Å². The van der Waals surface area contributed by atoms with Crippen LogP contribution in [0.25, 0.3) is 17.0 Å². The number of nitrogens with zero attached hydrogens (tertiary/aromatic N) is 2. The molecule has 35 heavy (non-hydrogen) atoms. The van der Waals surface area contributed by atoms with Crippen LogP contribution in [0.1, 0.15) is 23.6 Å². The SMILES string of the molecule is CCc1ccc(N2C(=O)NC(=O)/C(=C\c3cn(Cc4ccc(F)cc4)c4ccccc34)C2=O)cc1. The number of halogens is 1. The van der Waals surface area contributed by atoms with E-state index in [0.29, 0.717) is 17.8 Å². The van der Waals surface area contributed by atoms with E-state index < -0.39 is 17.8 Å². The maximum absolute atomic E-state index is 13.3. The average molecular weight is 468 g/mol. The van der Waals surface area contributed by atoms with Gasteiger partial charge >= 0.3 is 6.03 Å². The van der Waals surface area contributed by atoms with Gasteiger partial charge in [-0.05, 0) is 54.0 Å². The zero-order valence-corrected chi connectivity index (χ0v) is 19.0. The van der Waals surface area contributed by atoms with Crippen molar-refractivity contribution in [3.8, 4) is 0 Å². The number of nitrogens with one attached hydrogen (secondary N) is 1. The van der Waals surface area contributed by atoms with Crippen molar-refractivity contribution in [2.75, 3.05) is 4.90 Å². The molecule has 0 saturated carbocycles. The second kappa shape index (κ2) is 9.02. The van der Waals surface area contributed by atoms with Crippen LogP contribution in [-0.2, 0) is 22.6 Å². The van der Waals surface area contributed by atoms with Crippen molar-refractivity contribution in [2.24, 2.45) is 0 Å². The Kier molecular flexibility index (Phi) is 5.74. The molecule has 0 atom stereocenters. The summed E-state index contributed by atoms with van der Waals surface area (Å²) in [5.41, 5.74) is 3.80. The summed E-state index contributed by atoms with van der Waals surface area (Å²) < 4.78 is 15.3. The maximum Gasteiger partial charge on any atom is 0.335 e. The number of benzene rings is 3. The van der Waals surface area contributed by atoms with E-state index in [1.165, 1.54) is 18.2 Å². The highest BCUT2D eigenvalue weighted by atomic mass is 19.1. The fourth-order valence-corrected chi connectivity index (χ4v) is 4.24. The number of para-hydroxylation sites is 1. The third-order valence-corrected chi connectivity index (χ3v) is 6.09. The molecule has 1 aliphatic rings. The summed E-state index contributed by atoms with van der Waals surface area (Å²) in [5.74, 6) is -1.73. The van der Waals surface area contributed by atoms with Gasteiger partial charge in [-0.1, -0.05) is 49.4 Å². The lowest BCUT2D eigenvalue weighted by Crippen LogP contribution is -2.54. The number of aryl methyl sites for hydroxylation is 1. The fourth-order valence-electron chi connectivity index (χ4n) is 4.24. The summed E-state index contributed by atoms with van der Waals surface area (Å²) in [6.07, 6.45) is 4.19. The number of barbiturate groups is 1. The van der Waals surface area contributed by atoms with Gasteiger partial charge in [-0.2, -0.15) is 0 Å². The molecule has 1 fully saturated rings. The summed E-state index contributed by atoms with van der Waals surface area (Å²) in [6.45, 7) is 2.50. The molecule has 0 unspecified atom stereocenters. The average Bonchev–Trinajstić information content (AvgIpc) is 3.20. The molecule has 6 nitrogen and oxygen atoms in total. The van der Waals surface area contributed by atoms with Crippen LogP contribution in [-0.4, -0.2) is 22.4 Å². The van der Waals surface area contributed by atoms with Crippen molar-refractivity contribution in [1.82, 2.24) is 9.88 Å². The molecule has 4 aromatic rings. The van der Waals surface area contributed by atoms with Gasteiger partial charge in [0.1, 0.15) is 11.4 Å². The predicted octanol–water partition coefficient (Wildman–Crippen LogP) is 5.06. The third-order valence-electron chi connectivity index (χ3n) is 6.09. The van der Waals surface area contributed by atoms with Crippen LogP contribution < -0.4 is 10.2 Å². The van der Waals surface area contributed by atoms with Gasteiger partial charge in [0.15, 0.2) is 0 Å². The lowest BCUT2D eigenvalue weighted by molar-refractivity contribution is -0.122. The number of hydrogen-bond acceptors (Lipinski definition) is 3. The van der Waals surface area contributed by atoms with Gasteiger partial charge in [-0.3, -0.25) is 14.9 Å². The van der Waals surface area contributed by atoms with Crippen LogP contribution in [0, 0.1) is 5.82 Å². The van der Waals surface area contributed by atoms with Crippen molar-refractivity contribution >= 4 is 40.5 Å². The molecular weight excluding hydrogens is 445 g/mol. The van der Waals surface area contributed by atoms with Gasteiger partial charge in [0.05, 0.1) is 5.69 Å². The van der Waals surface area contributed by atoms with E-state index in [-0.39, 0.29) is 11.4 Å². The van der Waals surface area contributed by atoms with Gasteiger partial charge in [0, 0.05) is 29.2 Å². The van der Waals surface area contributed by atoms with Gasteiger partial charge in [0.2, 0.25) is 0 Å². The second-order valence-corrected chi connectivity index (χ2v) is 8.33. The fraction of sp³-hybridized carbons (Fsp3) is 0.107. The maximum atomic E-state index is 13.3. The monoisotopic (exact) mass is 467 g/mol. The summed E-state index contributed by atoms with van der Waals surface area (Å²) in [6, 6.07) is 20.2. The predicted molar refractivity (Wildman–Crippen MR) is 132 cm³/mol. The van der Waals surface area contributed by atoms with Crippen molar-refractivity contribution in [3.63, 3.8) is 0 Å². The van der Waals surface area contributed by atoms with E-state index in [1.54, 1.807) is 24.3 Å². The Bertz CT molecular complexity index is 1480. The third kappa shape index (κ3) is 4.24. The Balaban J connectivity index is 1.54. The molecule has 0 radical (unpaired) electrons. The van der Waals surface area contributed by atoms with Gasteiger partial charge < -0.3 is 4.57 Å². The van der Waals surface area contributed by atoms with Crippen molar-refractivity contribution in [3.05, 3.63) is 107 Å². The van der Waals surface area contributed by atoms with Crippen LogP contribution in [0.15, 0.2) is 84.6 Å². The van der Waals surface area contributed by atoms with Gasteiger partial charge in [-0.25, -0.2) is 14.1 Å². The normalized spacial score (nSPS) is 15.2. The Labute approximate surface area is 201 Å². The molecule has 1 aromatic heterocycles. The van der Waals surface area contributed by atoms with E-state index in [9.17, 15) is 18.8 Å². The molecule has 2 heterocycles. The van der Waals surface area contributed by atoms with Crippen LogP contribution in [0.2, 0.25) is 0 Å². The lowest BCUT2D eigenvalue weighted by Gasteiger charge is -2.26. The number of carbonyl (C=O) groups is 3. The Morgan fingerprint density at radius 1 is 0.886 bits per heavy atom.